The zero-order chi connectivity index (χ0) is 22.9. The molecular weight excluding hydrogens is 426 g/mol. The summed E-state index contributed by atoms with van der Waals surface area (Å²) in [6.45, 7) is 7.10. The van der Waals surface area contributed by atoms with Gasteiger partial charge in [-0.1, -0.05) is 29.8 Å². The summed E-state index contributed by atoms with van der Waals surface area (Å²) in [4.78, 5) is 11.5. The molecule has 1 N–H and O–H groups in total. The number of hydrogen-bond acceptors (Lipinski definition) is 3. The maximum atomic E-state index is 5.84. The summed E-state index contributed by atoms with van der Waals surface area (Å²) in [7, 11) is 0. The van der Waals surface area contributed by atoms with Gasteiger partial charge in [0.05, 0.1) is 30.0 Å². The Morgan fingerprint density at radius 2 is 1.64 bits per heavy atom. The lowest BCUT2D eigenvalue weighted by molar-refractivity contribution is 0.307. The van der Waals surface area contributed by atoms with Gasteiger partial charge < -0.3 is 14.8 Å². The molecule has 166 valence electrons. The second-order valence-corrected chi connectivity index (χ2v) is 8.96. The van der Waals surface area contributed by atoms with E-state index in [1.165, 1.54) is 28.2 Å². The summed E-state index contributed by atoms with van der Waals surface area (Å²) in [5.74, 6) is 0. The standard InChI is InChI=1S/C27H27N5S/c1-18-10-12-22(13-11-18)32-19(2)16-23(20(32)3)26-25(24-9-5-7-15-29-24)30-27(33)31(26)17-21-8-4-6-14-28-21/h4-16,25-26H,17H2,1-3H3,(H,30,33)/t25-,26+/m0/s1. The number of hydrogen-bond donors (Lipinski definition) is 1. The van der Waals surface area contributed by atoms with Crippen molar-refractivity contribution in [3.63, 3.8) is 0 Å². The van der Waals surface area contributed by atoms with Crippen molar-refractivity contribution in [2.45, 2.75) is 39.4 Å². The summed E-state index contributed by atoms with van der Waals surface area (Å²) in [5, 5.41) is 4.27. The number of pyridine rings is 2. The van der Waals surface area contributed by atoms with Crippen LogP contribution in [-0.2, 0) is 6.54 Å². The maximum absolute atomic E-state index is 5.84. The summed E-state index contributed by atoms with van der Waals surface area (Å²) in [6.07, 6.45) is 3.67. The molecule has 1 aromatic carbocycles. The largest absolute Gasteiger partial charge is 0.352 e. The van der Waals surface area contributed by atoms with Gasteiger partial charge in [-0.15, -0.1) is 0 Å². The van der Waals surface area contributed by atoms with E-state index in [2.05, 4.69) is 81.9 Å². The van der Waals surface area contributed by atoms with E-state index >= 15 is 0 Å². The molecule has 0 radical (unpaired) electrons. The van der Waals surface area contributed by atoms with Crippen LogP contribution < -0.4 is 5.32 Å². The fraction of sp³-hybridized carbons (Fsp3) is 0.222. The Balaban J connectivity index is 1.61. The Morgan fingerprint density at radius 1 is 0.909 bits per heavy atom. The normalized spacial score (nSPS) is 17.9. The Kier molecular flexibility index (Phi) is 5.68. The van der Waals surface area contributed by atoms with Crippen LogP contribution in [0.25, 0.3) is 5.69 Å². The highest BCUT2D eigenvalue weighted by Gasteiger charge is 2.41. The summed E-state index contributed by atoms with van der Waals surface area (Å²) >= 11 is 5.84. The van der Waals surface area contributed by atoms with Gasteiger partial charge in [0.1, 0.15) is 0 Å². The molecule has 33 heavy (non-hydrogen) atoms. The molecule has 0 spiro atoms. The third kappa shape index (κ3) is 4.02. The van der Waals surface area contributed by atoms with Crippen LogP contribution in [0, 0.1) is 20.8 Å². The zero-order valence-electron chi connectivity index (χ0n) is 19.1. The molecule has 4 aromatic rings. The molecule has 5 nitrogen and oxygen atoms in total. The van der Waals surface area contributed by atoms with Gasteiger partial charge >= 0.3 is 0 Å². The minimum absolute atomic E-state index is 0.000181. The van der Waals surface area contributed by atoms with E-state index in [1.54, 1.807) is 0 Å². The first-order valence-electron chi connectivity index (χ1n) is 11.2. The van der Waals surface area contributed by atoms with Crippen LogP contribution in [0.1, 0.15) is 46.0 Å². The minimum Gasteiger partial charge on any atom is -0.352 e. The molecule has 0 aliphatic carbocycles. The average Bonchev–Trinajstić information content (AvgIpc) is 3.31. The van der Waals surface area contributed by atoms with Gasteiger partial charge in [-0.25, -0.2) is 0 Å². The number of aryl methyl sites for hydroxylation is 2. The van der Waals surface area contributed by atoms with Gasteiger partial charge in [0.15, 0.2) is 5.11 Å². The van der Waals surface area contributed by atoms with Gasteiger partial charge in [-0.05, 0) is 81.0 Å². The van der Waals surface area contributed by atoms with Gasteiger partial charge in [0.2, 0.25) is 0 Å². The fourth-order valence-electron chi connectivity index (χ4n) is 4.76. The number of rotatable bonds is 5. The van der Waals surface area contributed by atoms with Crippen molar-refractivity contribution in [3.05, 3.63) is 113 Å². The molecule has 5 rings (SSSR count). The highest BCUT2D eigenvalue weighted by molar-refractivity contribution is 7.80. The van der Waals surface area contributed by atoms with Crippen LogP contribution in [-0.4, -0.2) is 24.5 Å². The lowest BCUT2D eigenvalue weighted by Crippen LogP contribution is -2.29. The van der Waals surface area contributed by atoms with Gasteiger partial charge in [0.25, 0.3) is 0 Å². The Bertz CT molecular complexity index is 1270. The van der Waals surface area contributed by atoms with Crippen LogP contribution in [0.2, 0.25) is 0 Å². The molecule has 4 heterocycles. The van der Waals surface area contributed by atoms with E-state index in [0.717, 1.165) is 16.5 Å². The number of nitrogens with zero attached hydrogens (tertiary/aromatic N) is 4. The van der Waals surface area contributed by atoms with Crippen molar-refractivity contribution < 1.29 is 0 Å². The Morgan fingerprint density at radius 3 is 2.30 bits per heavy atom. The smallest absolute Gasteiger partial charge is 0.170 e. The minimum atomic E-state index is -0.0469. The average molecular weight is 454 g/mol. The summed E-state index contributed by atoms with van der Waals surface area (Å²) in [6, 6.07) is 23.0. The summed E-state index contributed by atoms with van der Waals surface area (Å²) in [5.41, 5.74) is 8.03. The molecule has 3 aromatic heterocycles. The van der Waals surface area contributed by atoms with E-state index in [1.807, 2.05) is 42.7 Å². The maximum Gasteiger partial charge on any atom is 0.170 e. The third-order valence-corrected chi connectivity index (χ3v) is 6.69. The van der Waals surface area contributed by atoms with Crippen molar-refractivity contribution in [2.75, 3.05) is 0 Å². The first-order chi connectivity index (χ1) is 16.0. The van der Waals surface area contributed by atoms with Crippen LogP contribution in [0.3, 0.4) is 0 Å². The first-order valence-corrected chi connectivity index (χ1v) is 11.6. The van der Waals surface area contributed by atoms with Crippen molar-refractivity contribution in [1.82, 2.24) is 24.8 Å². The molecule has 1 aliphatic rings. The molecule has 0 bridgehead atoms. The molecule has 0 unspecified atom stereocenters. The Labute approximate surface area is 200 Å². The van der Waals surface area contributed by atoms with Gasteiger partial charge in [-0.3, -0.25) is 9.97 Å². The molecule has 1 aliphatic heterocycles. The number of aromatic nitrogens is 3. The van der Waals surface area contributed by atoms with E-state index in [9.17, 15) is 0 Å². The first kappa shape index (κ1) is 21.3. The zero-order valence-corrected chi connectivity index (χ0v) is 19.9. The lowest BCUT2D eigenvalue weighted by atomic mass is 9.96. The molecule has 2 atom stereocenters. The van der Waals surface area contributed by atoms with Gasteiger partial charge in [-0.2, -0.15) is 0 Å². The van der Waals surface area contributed by atoms with Crippen LogP contribution in [0.15, 0.2) is 79.1 Å². The number of benzene rings is 1. The fourth-order valence-corrected chi connectivity index (χ4v) is 5.06. The molecule has 6 heteroatoms. The highest BCUT2D eigenvalue weighted by atomic mass is 32.1. The van der Waals surface area contributed by atoms with E-state index < -0.39 is 0 Å². The SMILES string of the molecule is Cc1ccc(-n2c(C)cc([C@@H]3[C@H](c4ccccn4)NC(=S)N3Cc3ccccn3)c2C)cc1. The Hall–Kier alpha value is -3.51. The topological polar surface area (TPSA) is 46.0 Å². The molecule has 1 fully saturated rings. The van der Waals surface area contributed by atoms with E-state index in [0.29, 0.717) is 6.54 Å². The molecular formula is C27H27N5S. The lowest BCUT2D eigenvalue weighted by Gasteiger charge is -2.28. The van der Waals surface area contributed by atoms with Crippen molar-refractivity contribution in [2.24, 2.45) is 0 Å². The second kappa shape index (κ2) is 8.79. The van der Waals surface area contributed by atoms with E-state index in [4.69, 9.17) is 12.2 Å². The van der Waals surface area contributed by atoms with Crippen molar-refractivity contribution >= 4 is 17.3 Å². The predicted octanol–water partition coefficient (Wildman–Crippen LogP) is 5.37. The molecule has 0 amide bonds. The predicted molar refractivity (Wildman–Crippen MR) is 135 cm³/mol. The second-order valence-electron chi connectivity index (χ2n) is 8.57. The van der Waals surface area contributed by atoms with Crippen LogP contribution in [0.5, 0.6) is 0 Å². The number of thiocarbonyl (C=S) groups is 1. The molecule has 0 saturated carbocycles. The van der Waals surface area contributed by atoms with Crippen LogP contribution in [0.4, 0.5) is 0 Å². The highest BCUT2D eigenvalue weighted by Crippen LogP contribution is 2.42. The van der Waals surface area contributed by atoms with E-state index in [-0.39, 0.29) is 12.1 Å². The van der Waals surface area contributed by atoms with Gasteiger partial charge in [0, 0.05) is 29.5 Å². The van der Waals surface area contributed by atoms with Crippen LogP contribution >= 0.6 is 12.2 Å². The summed E-state index contributed by atoms with van der Waals surface area (Å²) < 4.78 is 2.32. The quantitative estimate of drug-likeness (QED) is 0.412. The number of nitrogens with one attached hydrogen (secondary N) is 1. The third-order valence-electron chi connectivity index (χ3n) is 6.34. The molecule has 1 saturated heterocycles. The van der Waals surface area contributed by atoms with Crippen molar-refractivity contribution in [1.29, 1.82) is 0 Å². The monoisotopic (exact) mass is 453 g/mol. The van der Waals surface area contributed by atoms with Crippen molar-refractivity contribution in [3.8, 4) is 5.69 Å².